The monoisotopic (exact) mass is 336 g/mol. The first-order valence-electron chi connectivity index (χ1n) is 5.66. The van der Waals surface area contributed by atoms with Crippen molar-refractivity contribution < 1.29 is 4.42 Å². The average Bonchev–Trinajstić information content (AvgIpc) is 2.72. The van der Waals surface area contributed by atoms with Crippen LogP contribution in [-0.4, -0.2) is 4.98 Å². The van der Waals surface area contributed by atoms with Gasteiger partial charge >= 0.3 is 0 Å². The lowest BCUT2D eigenvalue weighted by molar-refractivity contribution is 0.618. The van der Waals surface area contributed by atoms with Crippen LogP contribution >= 0.6 is 27.5 Å². The Hall–Kier alpha value is -1.52. The molecule has 0 aliphatic rings. The van der Waals surface area contributed by atoms with Crippen LogP contribution in [0, 0.1) is 6.92 Å². The van der Waals surface area contributed by atoms with Crippen LogP contribution in [0.25, 0.3) is 22.6 Å². The van der Waals surface area contributed by atoms with Crippen LogP contribution in [0.15, 0.2) is 39.2 Å². The van der Waals surface area contributed by atoms with Crippen molar-refractivity contribution in [3.8, 4) is 11.5 Å². The fourth-order valence-corrected chi connectivity index (χ4v) is 2.86. The highest BCUT2D eigenvalue weighted by Crippen LogP contribution is 2.34. The fourth-order valence-electron chi connectivity index (χ4n) is 1.94. The van der Waals surface area contributed by atoms with Crippen molar-refractivity contribution in [1.29, 1.82) is 0 Å². The molecule has 3 aromatic rings. The van der Waals surface area contributed by atoms with E-state index in [4.69, 9.17) is 21.8 Å². The van der Waals surface area contributed by atoms with Gasteiger partial charge in [0.05, 0.1) is 15.1 Å². The maximum absolute atomic E-state index is 6.17. The number of hydrogen-bond acceptors (Lipinski definition) is 3. The predicted molar refractivity (Wildman–Crippen MR) is 81.3 cm³/mol. The van der Waals surface area contributed by atoms with E-state index in [1.807, 2.05) is 25.1 Å². The van der Waals surface area contributed by atoms with E-state index in [0.717, 1.165) is 21.1 Å². The van der Waals surface area contributed by atoms with Crippen LogP contribution in [-0.2, 0) is 0 Å². The maximum Gasteiger partial charge on any atom is 0.228 e. The number of aromatic nitrogens is 1. The van der Waals surface area contributed by atoms with Crippen molar-refractivity contribution in [3.63, 3.8) is 0 Å². The molecule has 2 aromatic carbocycles. The summed E-state index contributed by atoms with van der Waals surface area (Å²) in [4.78, 5) is 4.47. The summed E-state index contributed by atoms with van der Waals surface area (Å²) in [6, 6.07) is 9.23. The van der Waals surface area contributed by atoms with E-state index in [1.165, 1.54) is 0 Å². The molecule has 19 heavy (non-hydrogen) atoms. The van der Waals surface area contributed by atoms with Gasteiger partial charge in [0.1, 0.15) is 5.52 Å². The maximum atomic E-state index is 6.17. The van der Waals surface area contributed by atoms with E-state index in [9.17, 15) is 0 Å². The van der Waals surface area contributed by atoms with Crippen molar-refractivity contribution in [2.24, 2.45) is 0 Å². The van der Waals surface area contributed by atoms with Crippen LogP contribution in [0.5, 0.6) is 0 Å². The number of rotatable bonds is 1. The molecule has 0 saturated carbocycles. The average molecular weight is 338 g/mol. The topological polar surface area (TPSA) is 52.0 Å². The number of nitrogens with zero attached hydrogens (tertiary/aromatic N) is 1. The summed E-state index contributed by atoms with van der Waals surface area (Å²) >= 11 is 9.65. The van der Waals surface area contributed by atoms with Crippen molar-refractivity contribution >= 4 is 44.3 Å². The molecule has 0 saturated heterocycles. The first kappa shape index (κ1) is 12.5. The molecule has 0 radical (unpaired) electrons. The van der Waals surface area contributed by atoms with Gasteiger partial charge in [0.25, 0.3) is 0 Å². The Labute approximate surface area is 123 Å². The van der Waals surface area contributed by atoms with E-state index in [2.05, 4.69) is 20.9 Å². The van der Waals surface area contributed by atoms with E-state index in [-0.39, 0.29) is 0 Å². The number of aryl methyl sites for hydroxylation is 1. The third-order valence-corrected chi connectivity index (χ3v) is 3.71. The van der Waals surface area contributed by atoms with Crippen LogP contribution in [0.2, 0.25) is 5.02 Å². The second kappa shape index (κ2) is 4.54. The zero-order chi connectivity index (χ0) is 13.6. The first-order chi connectivity index (χ1) is 9.04. The normalized spacial score (nSPS) is 11.1. The summed E-state index contributed by atoms with van der Waals surface area (Å²) in [5.74, 6) is 0.492. The molecule has 0 amide bonds. The summed E-state index contributed by atoms with van der Waals surface area (Å²) in [6.07, 6.45) is 0. The van der Waals surface area contributed by atoms with Gasteiger partial charge in [-0.25, -0.2) is 4.98 Å². The Morgan fingerprint density at radius 2 is 2.05 bits per heavy atom. The third kappa shape index (κ3) is 2.22. The Morgan fingerprint density at radius 1 is 1.26 bits per heavy atom. The van der Waals surface area contributed by atoms with Gasteiger partial charge in [-0.05, 0) is 58.7 Å². The highest BCUT2D eigenvalue weighted by Gasteiger charge is 2.13. The van der Waals surface area contributed by atoms with Crippen molar-refractivity contribution in [2.75, 3.05) is 5.73 Å². The van der Waals surface area contributed by atoms with Crippen LogP contribution < -0.4 is 5.73 Å². The van der Waals surface area contributed by atoms with Gasteiger partial charge in [0.15, 0.2) is 5.58 Å². The number of benzene rings is 2. The minimum atomic E-state index is 0.492. The fraction of sp³-hybridized carbons (Fsp3) is 0.0714. The lowest BCUT2D eigenvalue weighted by Gasteiger charge is -2.00. The highest BCUT2D eigenvalue weighted by molar-refractivity contribution is 9.10. The molecule has 3 rings (SSSR count). The Balaban J connectivity index is 2.23. The number of nitrogen functional groups attached to an aromatic ring is 1. The van der Waals surface area contributed by atoms with Gasteiger partial charge in [-0.3, -0.25) is 0 Å². The third-order valence-electron chi connectivity index (χ3n) is 2.81. The molecule has 0 bridgehead atoms. The van der Waals surface area contributed by atoms with Crippen LogP contribution in [0.3, 0.4) is 0 Å². The quantitative estimate of drug-likeness (QED) is 0.649. The minimum Gasteiger partial charge on any atom is -0.435 e. The second-order valence-electron chi connectivity index (χ2n) is 4.35. The molecule has 5 heteroatoms. The first-order valence-corrected chi connectivity index (χ1v) is 6.84. The summed E-state index contributed by atoms with van der Waals surface area (Å²) in [5, 5.41) is 0.527. The summed E-state index contributed by atoms with van der Waals surface area (Å²) in [6.45, 7) is 2.01. The summed E-state index contributed by atoms with van der Waals surface area (Å²) < 4.78 is 6.66. The predicted octanol–water partition coefficient (Wildman–Crippen LogP) is 4.80. The van der Waals surface area contributed by atoms with E-state index < -0.39 is 0 Å². The molecule has 2 N–H and O–H groups in total. The number of fused-ring (bicyclic) bond motifs is 1. The molecule has 3 nitrogen and oxygen atoms in total. The standard InChI is InChI=1S/C14H10BrClN2O/c1-7-4-10(15)13-12(5-7)18-14(19-13)9-3-2-8(17)6-11(9)16/h2-6H,17H2,1H3. The van der Waals surface area contributed by atoms with Crippen molar-refractivity contribution in [1.82, 2.24) is 4.98 Å². The second-order valence-corrected chi connectivity index (χ2v) is 5.61. The molecule has 1 aromatic heterocycles. The number of anilines is 1. The Morgan fingerprint density at radius 3 is 2.79 bits per heavy atom. The number of halogens is 2. The molecule has 96 valence electrons. The van der Waals surface area contributed by atoms with Gasteiger partial charge in [0.2, 0.25) is 5.89 Å². The van der Waals surface area contributed by atoms with Gasteiger partial charge in [-0.1, -0.05) is 11.6 Å². The van der Waals surface area contributed by atoms with Crippen LogP contribution in [0.1, 0.15) is 5.56 Å². The summed E-state index contributed by atoms with van der Waals surface area (Å²) in [7, 11) is 0. The zero-order valence-corrected chi connectivity index (χ0v) is 12.4. The lowest BCUT2D eigenvalue weighted by atomic mass is 10.2. The highest BCUT2D eigenvalue weighted by atomic mass is 79.9. The lowest BCUT2D eigenvalue weighted by Crippen LogP contribution is -1.85. The molecule has 0 unspecified atom stereocenters. The molecule has 0 aliphatic carbocycles. The van der Waals surface area contributed by atoms with Gasteiger partial charge < -0.3 is 10.2 Å². The molecule has 0 spiro atoms. The molecule has 0 aliphatic heterocycles. The van der Waals surface area contributed by atoms with Gasteiger partial charge in [-0.2, -0.15) is 0 Å². The van der Waals surface area contributed by atoms with Gasteiger partial charge in [0, 0.05) is 5.69 Å². The Kier molecular flexibility index (Phi) is 2.99. The smallest absolute Gasteiger partial charge is 0.228 e. The van der Waals surface area contributed by atoms with E-state index >= 15 is 0 Å². The number of hydrogen-bond donors (Lipinski definition) is 1. The van der Waals surface area contributed by atoms with Gasteiger partial charge in [-0.15, -0.1) is 0 Å². The minimum absolute atomic E-state index is 0.492. The molecular weight excluding hydrogens is 328 g/mol. The Bertz CT molecular complexity index is 782. The van der Waals surface area contributed by atoms with Crippen LogP contribution in [0.4, 0.5) is 5.69 Å². The number of oxazole rings is 1. The van der Waals surface area contributed by atoms with Crippen molar-refractivity contribution in [2.45, 2.75) is 6.92 Å². The molecule has 0 atom stereocenters. The summed E-state index contributed by atoms with van der Waals surface area (Å²) in [5.41, 5.74) is 9.66. The zero-order valence-electron chi connectivity index (χ0n) is 10.1. The number of nitrogens with two attached hydrogens (primary N) is 1. The van der Waals surface area contributed by atoms with E-state index in [0.29, 0.717) is 22.2 Å². The van der Waals surface area contributed by atoms with Crippen molar-refractivity contribution in [3.05, 3.63) is 45.4 Å². The largest absolute Gasteiger partial charge is 0.435 e. The SMILES string of the molecule is Cc1cc(Br)c2oc(-c3ccc(N)cc3Cl)nc2c1. The molecule has 1 heterocycles. The van der Waals surface area contributed by atoms with E-state index in [1.54, 1.807) is 12.1 Å². The molecular formula is C14H10BrClN2O. The molecule has 0 fully saturated rings.